The highest BCUT2D eigenvalue weighted by molar-refractivity contribution is 5.85. The van der Waals surface area contributed by atoms with Crippen LogP contribution in [0.25, 0.3) is 11.2 Å². The van der Waals surface area contributed by atoms with Gasteiger partial charge in [0, 0.05) is 6.54 Å². The fraction of sp³-hybridized carbons (Fsp3) is 0.143. The third-order valence-corrected chi connectivity index (χ3v) is 3.20. The third-order valence-electron chi connectivity index (χ3n) is 3.20. The van der Waals surface area contributed by atoms with Crippen molar-refractivity contribution in [1.29, 1.82) is 0 Å². The van der Waals surface area contributed by atoms with Crippen LogP contribution in [0.5, 0.6) is 0 Å². The number of halogens is 3. The predicted octanol–water partition coefficient (Wildman–Crippen LogP) is 2.59. The average Bonchev–Trinajstić information content (AvgIpc) is 2.89. The summed E-state index contributed by atoms with van der Waals surface area (Å²) in [4.78, 5) is 22.3. The minimum atomic E-state index is -4.37. The van der Waals surface area contributed by atoms with E-state index in [0.717, 1.165) is 12.1 Å². The van der Waals surface area contributed by atoms with E-state index in [-0.39, 0.29) is 18.0 Å². The molecule has 6 nitrogen and oxygen atoms in total. The molecule has 3 aromatic rings. The van der Waals surface area contributed by atoms with E-state index in [4.69, 9.17) is 5.11 Å². The van der Waals surface area contributed by atoms with E-state index in [1.165, 1.54) is 24.7 Å². The molecule has 1 aromatic carbocycles. The standard InChI is InChI=1S/C14H9F3N4O2/c15-14(16,17)9-3-1-8(2-4-9)6-21-7-19-11-10(21)5-18-12(20-11)13(22)23/h1-5,7H,6H2,(H,22,23). The number of carboxylic acid groups (broad SMARTS) is 1. The number of benzene rings is 1. The quantitative estimate of drug-likeness (QED) is 0.801. The number of fused-ring (bicyclic) bond motifs is 1. The van der Waals surface area contributed by atoms with Crippen LogP contribution in [0.2, 0.25) is 0 Å². The van der Waals surface area contributed by atoms with Gasteiger partial charge < -0.3 is 9.67 Å². The second kappa shape index (κ2) is 5.34. The molecule has 0 saturated carbocycles. The van der Waals surface area contributed by atoms with E-state index >= 15 is 0 Å². The van der Waals surface area contributed by atoms with Crippen LogP contribution < -0.4 is 0 Å². The lowest BCUT2D eigenvalue weighted by molar-refractivity contribution is -0.137. The van der Waals surface area contributed by atoms with E-state index in [1.807, 2.05) is 0 Å². The average molecular weight is 322 g/mol. The number of hydrogen-bond acceptors (Lipinski definition) is 4. The van der Waals surface area contributed by atoms with Gasteiger partial charge in [0.1, 0.15) is 5.52 Å². The molecule has 118 valence electrons. The maximum absolute atomic E-state index is 12.5. The molecule has 1 N–H and O–H groups in total. The summed E-state index contributed by atoms with van der Waals surface area (Å²) in [6, 6.07) is 4.77. The van der Waals surface area contributed by atoms with Gasteiger partial charge in [0.25, 0.3) is 0 Å². The summed E-state index contributed by atoms with van der Waals surface area (Å²) in [5, 5.41) is 8.83. The Morgan fingerprint density at radius 3 is 2.48 bits per heavy atom. The number of nitrogens with zero attached hydrogens (tertiary/aromatic N) is 4. The van der Waals surface area contributed by atoms with Gasteiger partial charge in [-0.15, -0.1) is 0 Å². The second-order valence-corrected chi connectivity index (χ2v) is 4.77. The second-order valence-electron chi connectivity index (χ2n) is 4.77. The molecule has 3 rings (SSSR count). The van der Waals surface area contributed by atoms with Gasteiger partial charge >= 0.3 is 12.1 Å². The van der Waals surface area contributed by atoms with Crippen LogP contribution in [0.15, 0.2) is 36.8 Å². The number of carboxylic acids is 1. The summed E-state index contributed by atoms with van der Waals surface area (Å²) < 4.78 is 39.2. The molecule has 2 heterocycles. The van der Waals surface area contributed by atoms with Crippen molar-refractivity contribution in [1.82, 2.24) is 19.5 Å². The Bertz CT molecular complexity index is 872. The molecular weight excluding hydrogens is 313 g/mol. The molecule has 0 spiro atoms. The number of hydrogen-bond donors (Lipinski definition) is 1. The van der Waals surface area contributed by atoms with Gasteiger partial charge in [-0.05, 0) is 17.7 Å². The topological polar surface area (TPSA) is 80.9 Å². The highest BCUT2D eigenvalue weighted by Gasteiger charge is 2.29. The molecule has 0 aliphatic rings. The molecule has 0 atom stereocenters. The maximum atomic E-state index is 12.5. The number of carbonyl (C=O) groups is 1. The Hall–Kier alpha value is -2.97. The lowest BCUT2D eigenvalue weighted by atomic mass is 10.1. The summed E-state index contributed by atoms with van der Waals surface area (Å²) >= 11 is 0. The Morgan fingerprint density at radius 2 is 1.87 bits per heavy atom. The molecule has 0 amide bonds. The number of aromatic carboxylic acids is 1. The SMILES string of the molecule is O=C(O)c1ncc2c(ncn2Cc2ccc(C(F)(F)F)cc2)n1. The Kier molecular flexibility index (Phi) is 3.47. The van der Waals surface area contributed by atoms with Crippen LogP contribution in [0, 0.1) is 0 Å². The van der Waals surface area contributed by atoms with Gasteiger partial charge in [0.2, 0.25) is 5.82 Å². The normalized spacial score (nSPS) is 11.8. The van der Waals surface area contributed by atoms with Crippen LogP contribution >= 0.6 is 0 Å². The number of rotatable bonds is 3. The van der Waals surface area contributed by atoms with Gasteiger partial charge in [0.05, 0.1) is 18.1 Å². The highest BCUT2D eigenvalue weighted by Crippen LogP contribution is 2.29. The molecule has 0 aliphatic carbocycles. The zero-order valence-corrected chi connectivity index (χ0v) is 11.4. The van der Waals surface area contributed by atoms with Crippen molar-refractivity contribution in [2.75, 3.05) is 0 Å². The van der Waals surface area contributed by atoms with Gasteiger partial charge in [-0.2, -0.15) is 13.2 Å². The lowest BCUT2D eigenvalue weighted by Gasteiger charge is -2.08. The van der Waals surface area contributed by atoms with Crippen molar-refractivity contribution >= 4 is 17.1 Å². The monoisotopic (exact) mass is 322 g/mol. The number of alkyl halides is 3. The van der Waals surface area contributed by atoms with E-state index < -0.39 is 17.7 Å². The molecule has 0 saturated heterocycles. The summed E-state index contributed by atoms with van der Waals surface area (Å²) in [5.74, 6) is -1.62. The van der Waals surface area contributed by atoms with Crippen molar-refractivity contribution in [2.24, 2.45) is 0 Å². The summed E-state index contributed by atoms with van der Waals surface area (Å²) in [6.45, 7) is 0.268. The Morgan fingerprint density at radius 1 is 1.17 bits per heavy atom. The zero-order valence-electron chi connectivity index (χ0n) is 11.4. The first-order chi connectivity index (χ1) is 10.8. The number of aromatic nitrogens is 4. The molecule has 2 aromatic heterocycles. The molecule has 0 fully saturated rings. The summed E-state index contributed by atoms with van der Waals surface area (Å²) in [6.07, 6.45) is -1.62. The molecule has 0 aliphatic heterocycles. The van der Waals surface area contributed by atoms with Crippen molar-refractivity contribution in [3.8, 4) is 0 Å². The van der Waals surface area contributed by atoms with Gasteiger partial charge in [-0.1, -0.05) is 12.1 Å². The van der Waals surface area contributed by atoms with Gasteiger partial charge in [0.15, 0.2) is 5.65 Å². The smallest absolute Gasteiger partial charge is 0.416 e. The lowest BCUT2D eigenvalue weighted by Crippen LogP contribution is -2.06. The first kappa shape index (κ1) is 14.9. The van der Waals surface area contributed by atoms with E-state index in [2.05, 4.69) is 15.0 Å². The minimum Gasteiger partial charge on any atom is -0.475 e. The van der Waals surface area contributed by atoms with Gasteiger partial charge in [-0.3, -0.25) is 0 Å². The molecule has 0 unspecified atom stereocenters. The van der Waals surface area contributed by atoms with Crippen LogP contribution in [0.4, 0.5) is 13.2 Å². The summed E-state index contributed by atoms with van der Waals surface area (Å²) in [5.41, 5.74) is 0.630. The van der Waals surface area contributed by atoms with Crippen LogP contribution in [0.1, 0.15) is 21.7 Å². The maximum Gasteiger partial charge on any atom is 0.416 e. The minimum absolute atomic E-state index is 0.212. The fourth-order valence-corrected chi connectivity index (χ4v) is 2.08. The van der Waals surface area contributed by atoms with Crippen molar-refractivity contribution in [3.05, 3.63) is 53.7 Å². The highest BCUT2D eigenvalue weighted by atomic mass is 19.4. The van der Waals surface area contributed by atoms with Crippen LogP contribution in [0.3, 0.4) is 0 Å². The summed E-state index contributed by atoms with van der Waals surface area (Å²) in [7, 11) is 0. The van der Waals surface area contributed by atoms with Crippen LogP contribution in [-0.2, 0) is 12.7 Å². The third kappa shape index (κ3) is 2.98. The van der Waals surface area contributed by atoms with E-state index in [0.29, 0.717) is 11.1 Å². The largest absolute Gasteiger partial charge is 0.475 e. The molecular formula is C14H9F3N4O2. The van der Waals surface area contributed by atoms with E-state index in [1.54, 1.807) is 4.57 Å². The first-order valence-corrected chi connectivity index (χ1v) is 6.42. The predicted molar refractivity (Wildman–Crippen MR) is 72.8 cm³/mol. The van der Waals surface area contributed by atoms with Crippen molar-refractivity contribution < 1.29 is 23.1 Å². The van der Waals surface area contributed by atoms with Crippen molar-refractivity contribution in [2.45, 2.75) is 12.7 Å². The van der Waals surface area contributed by atoms with Gasteiger partial charge in [-0.25, -0.2) is 19.7 Å². The van der Waals surface area contributed by atoms with E-state index in [9.17, 15) is 18.0 Å². The Labute approximate surface area is 127 Å². The molecule has 0 radical (unpaired) electrons. The number of imidazole rings is 1. The zero-order chi connectivity index (χ0) is 16.6. The Balaban J connectivity index is 1.88. The fourth-order valence-electron chi connectivity index (χ4n) is 2.08. The van der Waals surface area contributed by atoms with Crippen LogP contribution in [-0.4, -0.2) is 30.6 Å². The molecule has 9 heteroatoms. The van der Waals surface area contributed by atoms with Crippen molar-refractivity contribution in [3.63, 3.8) is 0 Å². The molecule has 0 bridgehead atoms. The molecule has 23 heavy (non-hydrogen) atoms. The first-order valence-electron chi connectivity index (χ1n) is 6.42.